The molecule has 3 N–H and O–H groups in total. The van der Waals surface area contributed by atoms with Crippen LogP contribution in [0.15, 0.2) is 6.07 Å². The number of ether oxygens (including phenoxy) is 1. The maximum absolute atomic E-state index is 5.78. The number of nitrogens with two attached hydrogens (primary N) is 1. The lowest BCUT2D eigenvalue weighted by atomic mass is 9.90. The Hall–Kier alpha value is -1.40. The molecule has 0 radical (unpaired) electrons. The lowest BCUT2D eigenvalue weighted by molar-refractivity contribution is 0.157. The molecule has 2 aromatic rings. The minimum Gasteiger partial charge on any atom is -0.385 e. The molecule has 6 heteroatoms. The summed E-state index contributed by atoms with van der Waals surface area (Å²) in [6.45, 7) is 8.05. The van der Waals surface area contributed by atoms with Crippen LogP contribution in [0.2, 0.25) is 0 Å². The summed E-state index contributed by atoms with van der Waals surface area (Å²) >= 11 is 1.64. The summed E-state index contributed by atoms with van der Waals surface area (Å²) in [5, 5.41) is 4.46. The number of nitrogens with zero attached hydrogens (tertiary/aromatic N) is 2. The lowest BCUT2D eigenvalue weighted by Gasteiger charge is -2.25. The first-order chi connectivity index (χ1) is 9.41. The Bertz CT molecular complexity index is 594. The van der Waals surface area contributed by atoms with E-state index in [1.807, 2.05) is 0 Å². The number of rotatable bonds is 6. The van der Waals surface area contributed by atoms with Gasteiger partial charge in [0.2, 0.25) is 5.95 Å². The largest absolute Gasteiger partial charge is 0.385 e. The number of aromatic nitrogens is 2. The summed E-state index contributed by atoms with van der Waals surface area (Å²) < 4.78 is 5.15. The highest BCUT2D eigenvalue weighted by Crippen LogP contribution is 2.30. The molecule has 0 fully saturated rings. The molecule has 0 atom stereocenters. The van der Waals surface area contributed by atoms with E-state index in [0.29, 0.717) is 5.95 Å². The number of hydrogen-bond acceptors (Lipinski definition) is 6. The molecule has 5 nitrogen and oxygen atoms in total. The molecule has 0 unspecified atom stereocenters. The summed E-state index contributed by atoms with van der Waals surface area (Å²) in [7, 11) is 1.73. The van der Waals surface area contributed by atoms with Crippen LogP contribution in [0.3, 0.4) is 0 Å². The van der Waals surface area contributed by atoms with E-state index in [9.17, 15) is 0 Å². The number of methoxy groups -OCH3 is 1. The fourth-order valence-corrected chi connectivity index (χ4v) is 2.87. The van der Waals surface area contributed by atoms with Crippen LogP contribution in [0.1, 0.15) is 25.1 Å². The fourth-order valence-electron chi connectivity index (χ4n) is 1.98. The number of anilines is 2. The van der Waals surface area contributed by atoms with Gasteiger partial charge in [0, 0.05) is 25.1 Å². The predicted molar refractivity (Wildman–Crippen MR) is 85.3 cm³/mol. The van der Waals surface area contributed by atoms with Crippen molar-refractivity contribution in [2.24, 2.45) is 5.41 Å². The van der Waals surface area contributed by atoms with E-state index in [-0.39, 0.29) is 5.41 Å². The van der Waals surface area contributed by atoms with Gasteiger partial charge in [-0.15, -0.1) is 11.3 Å². The first kappa shape index (κ1) is 15.0. The van der Waals surface area contributed by atoms with Gasteiger partial charge in [-0.25, -0.2) is 4.98 Å². The Kier molecular flexibility index (Phi) is 4.45. The van der Waals surface area contributed by atoms with Gasteiger partial charge in [0.15, 0.2) is 0 Å². The van der Waals surface area contributed by atoms with Crippen LogP contribution < -0.4 is 11.1 Å². The van der Waals surface area contributed by atoms with Crippen LogP contribution in [0, 0.1) is 12.3 Å². The molecule has 0 aliphatic heterocycles. The van der Waals surface area contributed by atoms with Crippen molar-refractivity contribution in [3.63, 3.8) is 0 Å². The number of nitrogens with one attached hydrogen (secondary N) is 1. The second kappa shape index (κ2) is 5.93. The third-order valence-corrected chi connectivity index (χ3v) is 4.19. The van der Waals surface area contributed by atoms with Crippen molar-refractivity contribution >= 4 is 33.3 Å². The van der Waals surface area contributed by atoms with Gasteiger partial charge in [-0.2, -0.15) is 4.98 Å². The normalized spacial score (nSPS) is 12.0. The third-order valence-electron chi connectivity index (χ3n) is 3.25. The number of nitrogen functional groups attached to an aromatic ring is 1. The van der Waals surface area contributed by atoms with Gasteiger partial charge in [0.25, 0.3) is 0 Å². The summed E-state index contributed by atoms with van der Waals surface area (Å²) in [6, 6.07) is 2.10. The zero-order valence-electron chi connectivity index (χ0n) is 12.5. The van der Waals surface area contributed by atoms with Gasteiger partial charge in [-0.3, -0.25) is 0 Å². The van der Waals surface area contributed by atoms with Crippen molar-refractivity contribution in [1.82, 2.24) is 9.97 Å². The van der Waals surface area contributed by atoms with E-state index in [2.05, 4.69) is 42.1 Å². The molecule has 0 spiro atoms. The van der Waals surface area contributed by atoms with Crippen LogP contribution in [0.4, 0.5) is 11.8 Å². The molecule has 0 bridgehead atoms. The summed E-state index contributed by atoms with van der Waals surface area (Å²) in [5.74, 6) is 1.14. The highest BCUT2D eigenvalue weighted by Gasteiger charge is 2.18. The minimum absolute atomic E-state index is 0.132. The SMILES string of the molecule is COCCC(C)(C)CNc1nc(N)nc2sc(C)cc12. The highest BCUT2D eigenvalue weighted by molar-refractivity contribution is 7.18. The Morgan fingerprint density at radius 3 is 2.85 bits per heavy atom. The highest BCUT2D eigenvalue weighted by atomic mass is 32.1. The van der Waals surface area contributed by atoms with Crippen molar-refractivity contribution in [2.45, 2.75) is 27.2 Å². The molecule has 0 aliphatic carbocycles. The van der Waals surface area contributed by atoms with Gasteiger partial charge in [0.1, 0.15) is 10.6 Å². The summed E-state index contributed by atoms with van der Waals surface area (Å²) in [5.41, 5.74) is 5.91. The lowest BCUT2D eigenvalue weighted by Crippen LogP contribution is -2.25. The number of aryl methyl sites for hydroxylation is 1. The zero-order valence-corrected chi connectivity index (χ0v) is 13.3. The molecule has 110 valence electrons. The average Bonchev–Trinajstić information content (AvgIpc) is 2.74. The van der Waals surface area contributed by atoms with E-state index < -0.39 is 0 Å². The first-order valence-electron chi connectivity index (χ1n) is 6.68. The van der Waals surface area contributed by atoms with Crippen LogP contribution in [0.25, 0.3) is 10.2 Å². The van der Waals surface area contributed by atoms with Crippen molar-refractivity contribution in [2.75, 3.05) is 31.3 Å². The van der Waals surface area contributed by atoms with Crippen molar-refractivity contribution in [3.05, 3.63) is 10.9 Å². The predicted octanol–water partition coefficient (Wildman–Crippen LogP) is 3.06. The maximum atomic E-state index is 5.78. The molecule has 0 saturated carbocycles. The minimum atomic E-state index is 0.132. The van der Waals surface area contributed by atoms with E-state index in [1.165, 1.54) is 4.88 Å². The Morgan fingerprint density at radius 2 is 2.15 bits per heavy atom. The van der Waals surface area contributed by atoms with Gasteiger partial charge in [0.05, 0.1) is 5.39 Å². The topological polar surface area (TPSA) is 73.1 Å². The van der Waals surface area contributed by atoms with Crippen LogP contribution in [-0.4, -0.2) is 30.2 Å². The molecule has 0 saturated heterocycles. The summed E-state index contributed by atoms with van der Waals surface area (Å²) in [4.78, 5) is 10.8. The number of hydrogen-bond donors (Lipinski definition) is 2. The van der Waals surface area contributed by atoms with Gasteiger partial charge < -0.3 is 15.8 Å². The molecule has 2 heterocycles. The third kappa shape index (κ3) is 3.58. The van der Waals surface area contributed by atoms with E-state index in [0.717, 1.165) is 35.6 Å². The Labute approximate surface area is 123 Å². The average molecular weight is 294 g/mol. The number of thiophene rings is 1. The Balaban J connectivity index is 2.17. The van der Waals surface area contributed by atoms with Crippen molar-refractivity contribution in [1.29, 1.82) is 0 Å². The van der Waals surface area contributed by atoms with Gasteiger partial charge in [-0.1, -0.05) is 13.8 Å². The monoisotopic (exact) mass is 294 g/mol. The van der Waals surface area contributed by atoms with Gasteiger partial charge in [-0.05, 0) is 24.8 Å². The standard InChI is InChI=1S/C14H22N4OS/c1-9-7-10-11(17-13(15)18-12(10)20-9)16-8-14(2,3)5-6-19-4/h7H,5-6,8H2,1-4H3,(H3,15,16,17,18). The first-order valence-corrected chi connectivity index (χ1v) is 7.49. The second-order valence-electron chi connectivity index (χ2n) is 5.77. The van der Waals surface area contributed by atoms with Gasteiger partial charge >= 0.3 is 0 Å². The van der Waals surface area contributed by atoms with E-state index in [4.69, 9.17) is 10.5 Å². The molecule has 0 amide bonds. The van der Waals surface area contributed by atoms with Crippen LogP contribution >= 0.6 is 11.3 Å². The summed E-state index contributed by atoms with van der Waals surface area (Å²) in [6.07, 6.45) is 0.989. The number of fused-ring (bicyclic) bond motifs is 1. The van der Waals surface area contributed by atoms with Crippen molar-refractivity contribution in [3.8, 4) is 0 Å². The quantitative estimate of drug-likeness (QED) is 0.856. The van der Waals surface area contributed by atoms with Crippen LogP contribution in [-0.2, 0) is 4.74 Å². The molecule has 0 aromatic carbocycles. The maximum Gasteiger partial charge on any atom is 0.223 e. The molecular weight excluding hydrogens is 272 g/mol. The molecule has 0 aliphatic rings. The smallest absolute Gasteiger partial charge is 0.223 e. The van der Waals surface area contributed by atoms with E-state index in [1.54, 1.807) is 18.4 Å². The second-order valence-corrected chi connectivity index (χ2v) is 7.00. The molecule has 2 rings (SSSR count). The van der Waals surface area contributed by atoms with E-state index >= 15 is 0 Å². The van der Waals surface area contributed by atoms with Crippen molar-refractivity contribution < 1.29 is 4.74 Å². The molecule has 20 heavy (non-hydrogen) atoms. The Morgan fingerprint density at radius 1 is 1.40 bits per heavy atom. The zero-order chi connectivity index (χ0) is 14.8. The molecular formula is C14H22N4OS. The fraction of sp³-hybridized carbons (Fsp3) is 0.571. The van der Waals surface area contributed by atoms with Crippen LogP contribution in [0.5, 0.6) is 0 Å². The molecule has 2 aromatic heterocycles.